The standard InChI is InChI=1S/C13H18N4OS.HI/c1-4-7-14-13(16-10-12(18)17(2)3)15-9-11-6-5-8-19-11;/h1,5-6,8H,7,9-10H2,2-3H3,(H2,14,15,16);1H. The van der Waals surface area contributed by atoms with E-state index >= 15 is 0 Å². The fraction of sp³-hybridized carbons (Fsp3) is 0.385. The highest BCUT2D eigenvalue weighted by atomic mass is 127. The first-order valence-electron chi connectivity index (χ1n) is 5.81. The summed E-state index contributed by atoms with van der Waals surface area (Å²) in [6.07, 6.45) is 5.20. The van der Waals surface area contributed by atoms with Crippen LogP contribution < -0.4 is 10.6 Å². The van der Waals surface area contributed by atoms with Crippen LogP contribution in [0.3, 0.4) is 0 Å². The second-order valence-corrected chi connectivity index (χ2v) is 4.98. The lowest BCUT2D eigenvalue weighted by molar-refractivity contribution is -0.127. The number of nitrogens with one attached hydrogen (secondary N) is 2. The Hall–Kier alpha value is -1.27. The van der Waals surface area contributed by atoms with Gasteiger partial charge in [-0.15, -0.1) is 41.7 Å². The molecule has 0 bridgehead atoms. The Labute approximate surface area is 140 Å². The molecule has 7 heteroatoms. The van der Waals surface area contributed by atoms with Gasteiger partial charge in [-0.2, -0.15) is 0 Å². The van der Waals surface area contributed by atoms with Crippen molar-refractivity contribution in [1.82, 2.24) is 15.5 Å². The molecule has 0 unspecified atom stereocenters. The number of rotatable bonds is 5. The lowest BCUT2D eigenvalue weighted by atomic mass is 10.4. The molecule has 1 heterocycles. The molecule has 5 nitrogen and oxygen atoms in total. The molecule has 1 amide bonds. The first kappa shape index (κ1) is 18.7. The van der Waals surface area contributed by atoms with Gasteiger partial charge in [-0.3, -0.25) is 4.79 Å². The van der Waals surface area contributed by atoms with E-state index in [1.807, 2.05) is 17.5 Å². The Morgan fingerprint density at radius 3 is 2.80 bits per heavy atom. The number of likely N-dealkylation sites (N-methyl/N-ethyl adjacent to an activating group) is 1. The molecule has 0 saturated heterocycles. The van der Waals surface area contributed by atoms with Crippen LogP contribution in [0.4, 0.5) is 0 Å². The van der Waals surface area contributed by atoms with Crippen molar-refractivity contribution in [3.8, 4) is 12.3 Å². The van der Waals surface area contributed by atoms with Crippen molar-refractivity contribution in [3.63, 3.8) is 0 Å². The van der Waals surface area contributed by atoms with Crippen LogP contribution >= 0.6 is 35.3 Å². The summed E-state index contributed by atoms with van der Waals surface area (Å²) < 4.78 is 0. The summed E-state index contributed by atoms with van der Waals surface area (Å²) in [7, 11) is 3.40. The number of hydrogen-bond acceptors (Lipinski definition) is 3. The van der Waals surface area contributed by atoms with Crippen molar-refractivity contribution < 1.29 is 4.79 Å². The Kier molecular flexibility index (Phi) is 9.84. The molecule has 0 spiro atoms. The van der Waals surface area contributed by atoms with Gasteiger partial charge in [0.2, 0.25) is 5.91 Å². The smallest absolute Gasteiger partial charge is 0.243 e. The lowest BCUT2D eigenvalue weighted by Gasteiger charge is -2.11. The fourth-order valence-electron chi connectivity index (χ4n) is 1.18. The van der Waals surface area contributed by atoms with Crippen molar-refractivity contribution >= 4 is 47.2 Å². The van der Waals surface area contributed by atoms with Crippen LogP contribution in [0.25, 0.3) is 0 Å². The van der Waals surface area contributed by atoms with Crippen LogP contribution in [0, 0.1) is 12.3 Å². The number of terminal acetylenes is 1. The van der Waals surface area contributed by atoms with Crippen molar-refractivity contribution in [3.05, 3.63) is 22.4 Å². The molecule has 1 aromatic rings. The lowest BCUT2D eigenvalue weighted by Crippen LogP contribution is -2.38. The van der Waals surface area contributed by atoms with E-state index in [4.69, 9.17) is 6.42 Å². The predicted octanol–water partition coefficient (Wildman–Crippen LogP) is 1.12. The van der Waals surface area contributed by atoms with E-state index < -0.39 is 0 Å². The number of thiophene rings is 1. The third-order valence-electron chi connectivity index (χ3n) is 2.24. The van der Waals surface area contributed by atoms with Gasteiger partial charge in [0.25, 0.3) is 0 Å². The Morgan fingerprint density at radius 1 is 1.50 bits per heavy atom. The summed E-state index contributed by atoms with van der Waals surface area (Å²) in [6.45, 7) is 1.12. The molecule has 110 valence electrons. The van der Waals surface area contributed by atoms with Crippen LogP contribution in [-0.4, -0.2) is 44.0 Å². The van der Waals surface area contributed by atoms with E-state index in [-0.39, 0.29) is 36.4 Å². The summed E-state index contributed by atoms with van der Waals surface area (Å²) in [5.74, 6) is 2.96. The summed E-state index contributed by atoms with van der Waals surface area (Å²) >= 11 is 1.66. The number of aliphatic imine (C=N–C) groups is 1. The monoisotopic (exact) mass is 406 g/mol. The van der Waals surface area contributed by atoms with Gasteiger partial charge in [-0.25, -0.2) is 4.99 Å². The van der Waals surface area contributed by atoms with E-state index in [9.17, 15) is 4.79 Å². The van der Waals surface area contributed by atoms with E-state index in [2.05, 4.69) is 21.5 Å². The highest BCUT2D eigenvalue weighted by Gasteiger charge is 2.04. The molecule has 0 atom stereocenters. The van der Waals surface area contributed by atoms with Crippen LogP contribution in [0.2, 0.25) is 0 Å². The second-order valence-electron chi connectivity index (χ2n) is 3.94. The van der Waals surface area contributed by atoms with Crippen molar-refractivity contribution in [1.29, 1.82) is 0 Å². The van der Waals surface area contributed by atoms with Gasteiger partial charge in [0, 0.05) is 19.0 Å². The number of guanidine groups is 1. The number of carbonyl (C=O) groups excluding carboxylic acids is 1. The Bertz CT molecular complexity index is 465. The maximum absolute atomic E-state index is 11.5. The van der Waals surface area contributed by atoms with Crippen LogP contribution in [-0.2, 0) is 11.3 Å². The Morgan fingerprint density at radius 2 is 2.25 bits per heavy atom. The molecule has 0 aromatic carbocycles. The summed E-state index contributed by atoms with van der Waals surface area (Å²) in [4.78, 5) is 18.4. The first-order valence-corrected chi connectivity index (χ1v) is 6.69. The third kappa shape index (κ3) is 7.35. The van der Waals surface area contributed by atoms with Gasteiger partial charge < -0.3 is 15.5 Å². The number of carbonyl (C=O) groups is 1. The zero-order valence-electron chi connectivity index (χ0n) is 11.5. The predicted molar refractivity (Wildman–Crippen MR) is 94.4 cm³/mol. The van der Waals surface area contributed by atoms with Crippen LogP contribution in [0.5, 0.6) is 0 Å². The van der Waals surface area contributed by atoms with E-state index in [0.717, 1.165) is 0 Å². The van der Waals surface area contributed by atoms with Crippen molar-refractivity contribution in [2.45, 2.75) is 6.54 Å². The molecular weight excluding hydrogens is 387 g/mol. The zero-order valence-corrected chi connectivity index (χ0v) is 14.7. The number of halogens is 1. The zero-order chi connectivity index (χ0) is 14.1. The normalized spacial score (nSPS) is 10.2. The number of amides is 1. The molecule has 1 aromatic heterocycles. The van der Waals surface area contributed by atoms with Gasteiger partial charge in [-0.05, 0) is 11.4 Å². The minimum absolute atomic E-state index is 0. The molecule has 0 fully saturated rings. The average Bonchev–Trinajstić information content (AvgIpc) is 2.90. The third-order valence-corrected chi connectivity index (χ3v) is 3.12. The van der Waals surface area contributed by atoms with Gasteiger partial charge in [0.1, 0.15) is 6.54 Å². The fourth-order valence-corrected chi connectivity index (χ4v) is 1.83. The summed E-state index contributed by atoms with van der Waals surface area (Å²) in [5, 5.41) is 8.11. The topological polar surface area (TPSA) is 56.7 Å². The molecule has 2 N–H and O–H groups in total. The molecule has 0 saturated carbocycles. The molecule has 0 aliphatic rings. The minimum Gasteiger partial charge on any atom is -0.351 e. The minimum atomic E-state index is -0.0575. The molecule has 0 aliphatic carbocycles. The summed E-state index contributed by atoms with van der Waals surface area (Å²) in [5.41, 5.74) is 0. The van der Waals surface area contributed by atoms with E-state index in [1.54, 1.807) is 25.4 Å². The van der Waals surface area contributed by atoms with Gasteiger partial charge >= 0.3 is 0 Å². The van der Waals surface area contributed by atoms with Gasteiger partial charge in [-0.1, -0.05) is 12.0 Å². The van der Waals surface area contributed by atoms with Crippen molar-refractivity contribution in [2.75, 3.05) is 27.2 Å². The highest BCUT2D eigenvalue weighted by Crippen LogP contribution is 2.07. The number of nitrogens with zero attached hydrogens (tertiary/aromatic N) is 2. The first-order chi connectivity index (χ1) is 9.13. The van der Waals surface area contributed by atoms with E-state index in [0.29, 0.717) is 19.0 Å². The van der Waals surface area contributed by atoms with Gasteiger partial charge in [0.15, 0.2) is 5.96 Å². The largest absolute Gasteiger partial charge is 0.351 e. The number of hydrogen-bond donors (Lipinski definition) is 2. The Balaban J connectivity index is 0.00000361. The van der Waals surface area contributed by atoms with Crippen molar-refractivity contribution in [2.24, 2.45) is 4.99 Å². The molecular formula is C13H19IN4OS. The SMILES string of the molecule is C#CCNC(=NCC(=O)N(C)C)NCc1cccs1.I. The maximum atomic E-state index is 11.5. The molecule has 20 heavy (non-hydrogen) atoms. The second kappa shape index (κ2) is 10.5. The van der Waals surface area contributed by atoms with Gasteiger partial charge in [0.05, 0.1) is 13.1 Å². The van der Waals surface area contributed by atoms with Crippen LogP contribution in [0.1, 0.15) is 4.88 Å². The molecule has 0 radical (unpaired) electrons. The molecule has 1 rings (SSSR count). The van der Waals surface area contributed by atoms with E-state index in [1.165, 1.54) is 9.78 Å². The van der Waals surface area contributed by atoms with Crippen LogP contribution in [0.15, 0.2) is 22.5 Å². The molecule has 0 aliphatic heterocycles. The average molecular weight is 406 g/mol. The quantitative estimate of drug-likeness (QED) is 0.334. The summed E-state index contributed by atoms with van der Waals surface area (Å²) in [6, 6.07) is 4.02. The maximum Gasteiger partial charge on any atom is 0.243 e. The highest BCUT2D eigenvalue weighted by molar-refractivity contribution is 14.0.